The van der Waals surface area contributed by atoms with Gasteiger partial charge in [-0.1, -0.05) is 332 Å². The number of rotatable bonds is 71. The molecule has 0 amide bonds. The Hall–Kier alpha value is -2.75. The maximum absolute atomic E-state index is 13.0. The number of allylic oxidation sites excluding steroid dienone is 8. The molecule has 0 aromatic carbocycles. The molecule has 0 aromatic heterocycles. The third kappa shape index (κ3) is 70.6. The molecule has 87 heavy (non-hydrogen) atoms. The third-order valence-electron chi connectivity index (χ3n) is 17.0. The molecule has 0 aliphatic heterocycles. The normalized spacial score (nSPS) is 12.9. The van der Waals surface area contributed by atoms with Crippen molar-refractivity contribution >= 4 is 17.9 Å². The van der Waals surface area contributed by atoms with Crippen molar-refractivity contribution in [3.63, 3.8) is 0 Å². The number of carbonyl (C=O) groups excluding carboxylic acids is 3. The molecule has 0 spiro atoms. The number of hydrogen-bond acceptors (Lipinski definition) is 8. The van der Waals surface area contributed by atoms with Crippen molar-refractivity contribution in [3.8, 4) is 0 Å². The van der Waals surface area contributed by atoms with Gasteiger partial charge in [0.2, 0.25) is 0 Å². The van der Waals surface area contributed by atoms with E-state index in [1.807, 2.05) is 21.1 Å². The molecule has 0 aliphatic carbocycles. The number of likely N-dealkylation sites (N-methyl/N-ethyl adjacent to an activating group) is 1. The molecule has 2 atom stereocenters. The molecule has 0 saturated heterocycles. The first-order chi connectivity index (χ1) is 42.6. The van der Waals surface area contributed by atoms with E-state index in [4.69, 9.17) is 18.9 Å². The van der Waals surface area contributed by atoms with Crippen LogP contribution in [0.3, 0.4) is 0 Å². The summed E-state index contributed by atoms with van der Waals surface area (Å²) in [7, 11) is 5.95. The summed E-state index contributed by atoms with van der Waals surface area (Å²) in [4.78, 5) is 37.6. The van der Waals surface area contributed by atoms with Crippen LogP contribution in [0.25, 0.3) is 0 Å². The minimum Gasteiger partial charge on any atom is -0.545 e. The lowest BCUT2D eigenvalue weighted by Gasteiger charge is -2.26. The summed E-state index contributed by atoms with van der Waals surface area (Å²) >= 11 is 0. The molecule has 0 rings (SSSR count). The van der Waals surface area contributed by atoms with Crippen LogP contribution in [0.4, 0.5) is 0 Å². The number of nitrogens with zero attached hydrogens (tertiary/aromatic N) is 1. The van der Waals surface area contributed by atoms with E-state index < -0.39 is 24.3 Å². The maximum atomic E-state index is 13.0. The van der Waals surface area contributed by atoms with E-state index in [-0.39, 0.29) is 32.2 Å². The van der Waals surface area contributed by atoms with Gasteiger partial charge in [-0.05, 0) is 77.0 Å². The van der Waals surface area contributed by atoms with E-state index in [0.717, 1.165) is 51.4 Å². The molecule has 510 valence electrons. The number of carboxylic acid groups (broad SMARTS) is 1. The Morgan fingerprint density at radius 3 is 0.908 bits per heavy atom. The molecule has 0 N–H and O–H groups in total. The van der Waals surface area contributed by atoms with Gasteiger partial charge >= 0.3 is 11.9 Å². The number of carboxylic acids is 1. The molecule has 0 fully saturated rings. The minimum absolute atomic E-state index is 0.150. The van der Waals surface area contributed by atoms with Crippen molar-refractivity contribution in [1.29, 1.82) is 0 Å². The van der Waals surface area contributed by atoms with E-state index in [2.05, 4.69) is 62.5 Å². The highest BCUT2D eigenvalue weighted by Crippen LogP contribution is 2.19. The van der Waals surface area contributed by atoms with Crippen LogP contribution >= 0.6 is 0 Å². The molecular formula is C78H145NO8. The number of esters is 2. The van der Waals surface area contributed by atoms with Gasteiger partial charge in [-0.2, -0.15) is 0 Å². The maximum Gasteiger partial charge on any atom is 0.306 e. The standard InChI is InChI=1S/C78H145NO8/c1-6-8-10-12-14-16-18-20-22-24-26-28-30-32-34-36-37-38-39-41-43-45-47-49-51-53-55-57-59-61-63-65-67-69-76(81)87-74(73-86-78(77(82)83)84-71-70-79(3,4)5)72-85-75(80)68-66-64-62-60-58-56-54-52-50-48-46-44-42-40-35-33-31-29-27-25-23-21-19-17-15-13-11-9-7-2/h18-21,24-27,74,78H,6-17,22-23,28-73H2,1-5H3/b20-18-,21-19-,26-24-,27-25-. The highest BCUT2D eigenvalue weighted by molar-refractivity contribution is 5.70. The predicted molar refractivity (Wildman–Crippen MR) is 371 cm³/mol. The van der Waals surface area contributed by atoms with Gasteiger partial charge in [0, 0.05) is 12.8 Å². The van der Waals surface area contributed by atoms with Crippen molar-refractivity contribution < 1.29 is 42.9 Å². The summed E-state index contributed by atoms with van der Waals surface area (Å²) in [5.41, 5.74) is 0. The molecule has 0 aromatic rings. The summed E-state index contributed by atoms with van der Waals surface area (Å²) < 4.78 is 22.9. The second-order valence-corrected chi connectivity index (χ2v) is 26.9. The van der Waals surface area contributed by atoms with Gasteiger partial charge in [-0.15, -0.1) is 0 Å². The van der Waals surface area contributed by atoms with Crippen molar-refractivity contribution in [2.24, 2.45) is 0 Å². The number of aliphatic carboxylic acids is 1. The van der Waals surface area contributed by atoms with E-state index in [1.165, 1.54) is 295 Å². The van der Waals surface area contributed by atoms with Gasteiger partial charge in [-0.3, -0.25) is 9.59 Å². The summed E-state index contributed by atoms with van der Waals surface area (Å²) in [5, 5.41) is 11.8. The first-order valence-electron chi connectivity index (χ1n) is 37.8. The monoisotopic (exact) mass is 1220 g/mol. The first kappa shape index (κ1) is 84.2. The van der Waals surface area contributed by atoms with Crippen LogP contribution in [-0.4, -0.2) is 82.3 Å². The topological polar surface area (TPSA) is 111 Å². The van der Waals surface area contributed by atoms with Crippen LogP contribution in [0.1, 0.15) is 373 Å². The Morgan fingerprint density at radius 2 is 0.621 bits per heavy atom. The second-order valence-electron chi connectivity index (χ2n) is 26.9. The van der Waals surface area contributed by atoms with Crippen LogP contribution in [0, 0.1) is 0 Å². The van der Waals surface area contributed by atoms with Gasteiger partial charge in [0.15, 0.2) is 12.4 Å². The lowest BCUT2D eigenvalue weighted by molar-refractivity contribution is -0.870. The van der Waals surface area contributed by atoms with Crippen molar-refractivity contribution in [2.45, 2.75) is 386 Å². The van der Waals surface area contributed by atoms with Crippen molar-refractivity contribution in [1.82, 2.24) is 0 Å². The molecule has 0 heterocycles. The second kappa shape index (κ2) is 69.1. The van der Waals surface area contributed by atoms with E-state index in [9.17, 15) is 19.5 Å². The number of hydrogen-bond donors (Lipinski definition) is 0. The van der Waals surface area contributed by atoms with Gasteiger partial charge < -0.3 is 33.3 Å². The Kier molecular flexibility index (Phi) is 67.0. The van der Waals surface area contributed by atoms with Crippen LogP contribution in [-0.2, 0) is 33.3 Å². The summed E-state index contributed by atoms with van der Waals surface area (Å²) in [6.07, 6.45) is 86.4. The lowest BCUT2D eigenvalue weighted by atomic mass is 10.0. The summed E-state index contributed by atoms with van der Waals surface area (Å²) in [5.74, 6) is -2.25. The Balaban J connectivity index is 4.02. The van der Waals surface area contributed by atoms with E-state index in [1.54, 1.807) is 0 Å². The molecule has 9 heteroatoms. The minimum atomic E-state index is -1.62. The van der Waals surface area contributed by atoms with Crippen molar-refractivity contribution in [2.75, 3.05) is 47.5 Å². The highest BCUT2D eigenvalue weighted by Gasteiger charge is 2.22. The number of unbranched alkanes of at least 4 members (excludes halogenated alkanes) is 48. The molecule has 0 radical (unpaired) electrons. The van der Waals surface area contributed by atoms with Crippen LogP contribution in [0.15, 0.2) is 48.6 Å². The smallest absolute Gasteiger partial charge is 0.306 e. The fourth-order valence-electron chi connectivity index (χ4n) is 11.2. The molecule has 0 aliphatic rings. The quantitative estimate of drug-likeness (QED) is 0.0195. The van der Waals surface area contributed by atoms with Crippen LogP contribution in [0.2, 0.25) is 0 Å². The van der Waals surface area contributed by atoms with Gasteiger partial charge in [0.1, 0.15) is 13.2 Å². The van der Waals surface area contributed by atoms with E-state index in [0.29, 0.717) is 17.4 Å². The van der Waals surface area contributed by atoms with Crippen LogP contribution in [0.5, 0.6) is 0 Å². The summed E-state index contributed by atoms with van der Waals surface area (Å²) in [6, 6.07) is 0. The number of quaternary nitrogens is 1. The van der Waals surface area contributed by atoms with Gasteiger partial charge in [0.05, 0.1) is 40.3 Å². The molecule has 0 bridgehead atoms. The largest absolute Gasteiger partial charge is 0.545 e. The lowest BCUT2D eigenvalue weighted by Crippen LogP contribution is -2.44. The molecule has 9 nitrogen and oxygen atoms in total. The average molecular weight is 1230 g/mol. The average Bonchev–Trinajstić information content (AvgIpc) is 3.59. The molecular weight excluding hydrogens is 1080 g/mol. The van der Waals surface area contributed by atoms with Crippen LogP contribution < -0.4 is 5.11 Å². The third-order valence-corrected chi connectivity index (χ3v) is 17.0. The van der Waals surface area contributed by atoms with Gasteiger partial charge in [0.25, 0.3) is 0 Å². The van der Waals surface area contributed by atoms with Crippen molar-refractivity contribution in [3.05, 3.63) is 48.6 Å². The Morgan fingerprint density at radius 1 is 0.345 bits per heavy atom. The zero-order chi connectivity index (χ0) is 63.3. The predicted octanol–water partition coefficient (Wildman–Crippen LogP) is 22.4. The zero-order valence-electron chi connectivity index (χ0n) is 58.4. The zero-order valence-corrected chi connectivity index (χ0v) is 58.4. The number of carbonyl (C=O) groups is 3. The fourth-order valence-corrected chi connectivity index (χ4v) is 11.2. The SMILES string of the molecule is CCCCCCC/C=C\C/C=C\CCCCCCCCCCCCCCCCCCCCCCCC(=O)OC(COC(=O)CCCCCCCCCCCCCCCCCCC/C=C\C/C=C\CCCCCCC)COC(OCC[N+](C)(C)C)C(=O)[O-]. The summed E-state index contributed by atoms with van der Waals surface area (Å²) in [6.45, 7) is 4.79. The van der Waals surface area contributed by atoms with E-state index >= 15 is 0 Å². The first-order valence-corrected chi connectivity index (χ1v) is 37.8. The number of ether oxygens (including phenoxy) is 4. The molecule has 0 saturated carbocycles. The Labute approximate surface area is 540 Å². The Bertz CT molecular complexity index is 1570. The van der Waals surface area contributed by atoms with Gasteiger partial charge in [-0.25, -0.2) is 0 Å². The molecule has 2 unspecified atom stereocenters. The highest BCUT2D eigenvalue weighted by atomic mass is 16.7. The fraction of sp³-hybridized carbons (Fsp3) is 0.859.